The van der Waals surface area contributed by atoms with Crippen LogP contribution in [0.15, 0.2) is 54.6 Å². The quantitative estimate of drug-likeness (QED) is 0.713. The van der Waals surface area contributed by atoms with Gasteiger partial charge in [0.15, 0.2) is 5.13 Å². The maximum atomic E-state index is 12.5. The summed E-state index contributed by atoms with van der Waals surface area (Å²) in [6.07, 6.45) is 0.483. The Morgan fingerprint density at radius 3 is 2.55 bits per heavy atom. The van der Waals surface area contributed by atoms with Gasteiger partial charge in [-0.1, -0.05) is 60.7 Å². The summed E-state index contributed by atoms with van der Waals surface area (Å²) >= 11 is 1.55. The first-order valence-electron chi connectivity index (χ1n) is 7.32. The SMILES string of the molecule is CC(CC(=O)N(C)c1nc2ccccc2s1)c1ccccc1. The Morgan fingerprint density at radius 1 is 1.14 bits per heavy atom. The summed E-state index contributed by atoms with van der Waals surface area (Å²) in [5, 5.41) is 0.756. The predicted molar refractivity (Wildman–Crippen MR) is 92.5 cm³/mol. The fourth-order valence-electron chi connectivity index (χ4n) is 2.41. The molecule has 1 atom stereocenters. The van der Waals surface area contributed by atoms with Gasteiger partial charge in [-0.25, -0.2) is 4.98 Å². The molecule has 0 N–H and O–H groups in total. The first-order valence-corrected chi connectivity index (χ1v) is 8.14. The molecule has 0 bridgehead atoms. The first-order chi connectivity index (χ1) is 10.6. The van der Waals surface area contributed by atoms with Crippen LogP contribution in [0.5, 0.6) is 0 Å². The second-order valence-electron chi connectivity index (χ2n) is 5.43. The normalized spacial score (nSPS) is 12.3. The molecule has 0 radical (unpaired) electrons. The van der Waals surface area contributed by atoms with Gasteiger partial charge in [0, 0.05) is 13.5 Å². The lowest BCUT2D eigenvalue weighted by molar-refractivity contribution is -0.118. The third kappa shape index (κ3) is 3.02. The van der Waals surface area contributed by atoms with E-state index in [4.69, 9.17) is 0 Å². The van der Waals surface area contributed by atoms with Crippen LogP contribution in [-0.4, -0.2) is 17.9 Å². The van der Waals surface area contributed by atoms with Crippen molar-refractivity contribution < 1.29 is 4.79 Å². The maximum absolute atomic E-state index is 12.5. The van der Waals surface area contributed by atoms with Gasteiger partial charge in [-0.3, -0.25) is 9.69 Å². The van der Waals surface area contributed by atoms with E-state index in [1.54, 1.807) is 23.3 Å². The number of rotatable bonds is 4. The highest BCUT2D eigenvalue weighted by Gasteiger charge is 2.18. The summed E-state index contributed by atoms with van der Waals surface area (Å²) in [5.41, 5.74) is 2.13. The van der Waals surface area contributed by atoms with E-state index in [0.717, 1.165) is 15.3 Å². The zero-order valence-electron chi connectivity index (χ0n) is 12.7. The lowest BCUT2D eigenvalue weighted by atomic mass is 9.97. The van der Waals surface area contributed by atoms with E-state index in [9.17, 15) is 4.79 Å². The van der Waals surface area contributed by atoms with Gasteiger partial charge in [-0.2, -0.15) is 0 Å². The largest absolute Gasteiger partial charge is 0.291 e. The molecule has 0 fully saturated rings. The van der Waals surface area contributed by atoms with E-state index in [1.807, 2.05) is 42.5 Å². The molecule has 1 aromatic heterocycles. The van der Waals surface area contributed by atoms with Crippen molar-refractivity contribution in [3.05, 3.63) is 60.2 Å². The standard InChI is InChI=1S/C18H18N2OS/c1-13(14-8-4-3-5-9-14)12-17(21)20(2)18-19-15-10-6-7-11-16(15)22-18/h3-11,13H,12H2,1-2H3. The number of hydrogen-bond acceptors (Lipinski definition) is 3. The Morgan fingerprint density at radius 2 is 1.82 bits per heavy atom. The average molecular weight is 310 g/mol. The molecule has 3 rings (SSSR count). The lowest BCUT2D eigenvalue weighted by Crippen LogP contribution is -2.27. The molecular formula is C18H18N2OS. The summed E-state index contributed by atoms with van der Waals surface area (Å²) in [6.45, 7) is 2.08. The van der Waals surface area contributed by atoms with Crippen LogP contribution in [0.1, 0.15) is 24.8 Å². The summed E-state index contributed by atoms with van der Waals surface area (Å²) < 4.78 is 1.10. The molecule has 0 saturated heterocycles. The van der Waals surface area contributed by atoms with Crippen LogP contribution >= 0.6 is 11.3 Å². The van der Waals surface area contributed by atoms with Gasteiger partial charge in [-0.15, -0.1) is 0 Å². The van der Waals surface area contributed by atoms with Crippen molar-refractivity contribution in [3.63, 3.8) is 0 Å². The second kappa shape index (κ2) is 6.28. The molecular weight excluding hydrogens is 292 g/mol. The highest BCUT2D eigenvalue weighted by Crippen LogP contribution is 2.29. The van der Waals surface area contributed by atoms with Gasteiger partial charge in [0.25, 0.3) is 0 Å². The molecule has 3 nitrogen and oxygen atoms in total. The minimum absolute atomic E-state index is 0.0930. The Hall–Kier alpha value is -2.20. The first kappa shape index (κ1) is 14.7. The number of carbonyl (C=O) groups excluding carboxylic acids is 1. The topological polar surface area (TPSA) is 33.2 Å². The Bertz CT molecular complexity index is 749. The lowest BCUT2D eigenvalue weighted by Gasteiger charge is -2.17. The van der Waals surface area contributed by atoms with Gasteiger partial charge >= 0.3 is 0 Å². The smallest absolute Gasteiger partial charge is 0.229 e. The molecule has 22 heavy (non-hydrogen) atoms. The summed E-state index contributed by atoms with van der Waals surface area (Å²) in [5.74, 6) is 0.293. The molecule has 4 heteroatoms. The predicted octanol–water partition coefficient (Wildman–Crippen LogP) is 4.45. The van der Waals surface area contributed by atoms with Gasteiger partial charge in [0.2, 0.25) is 5.91 Å². The number of anilines is 1. The second-order valence-corrected chi connectivity index (χ2v) is 6.44. The molecule has 0 spiro atoms. The van der Waals surface area contributed by atoms with Gasteiger partial charge in [0.1, 0.15) is 0 Å². The van der Waals surface area contributed by atoms with Gasteiger partial charge < -0.3 is 0 Å². The Balaban J connectivity index is 1.74. The van der Waals surface area contributed by atoms with Gasteiger partial charge in [0.05, 0.1) is 10.2 Å². The molecule has 0 saturated carbocycles. The van der Waals surface area contributed by atoms with Crippen molar-refractivity contribution >= 4 is 32.6 Å². The number of thiazole rings is 1. The van der Waals surface area contributed by atoms with E-state index in [-0.39, 0.29) is 11.8 Å². The summed E-state index contributed by atoms with van der Waals surface area (Å²) in [7, 11) is 1.80. The minimum atomic E-state index is 0.0930. The number of nitrogens with zero attached hydrogens (tertiary/aromatic N) is 2. The molecule has 1 amide bonds. The molecule has 0 aliphatic rings. The van der Waals surface area contributed by atoms with Crippen LogP contribution in [0.3, 0.4) is 0 Å². The molecule has 1 heterocycles. The van der Waals surface area contributed by atoms with Crippen LogP contribution in [0.25, 0.3) is 10.2 Å². The molecule has 112 valence electrons. The van der Waals surface area contributed by atoms with Crippen LogP contribution in [0.2, 0.25) is 0 Å². The number of amides is 1. The molecule has 3 aromatic rings. The zero-order valence-corrected chi connectivity index (χ0v) is 13.5. The molecule has 2 aromatic carbocycles. The van der Waals surface area contributed by atoms with E-state index in [1.165, 1.54) is 5.56 Å². The number of aromatic nitrogens is 1. The molecule has 1 unspecified atom stereocenters. The number of para-hydroxylation sites is 1. The maximum Gasteiger partial charge on any atom is 0.229 e. The molecule has 0 aliphatic carbocycles. The van der Waals surface area contributed by atoms with Crippen molar-refractivity contribution in [1.29, 1.82) is 0 Å². The van der Waals surface area contributed by atoms with Crippen LogP contribution in [-0.2, 0) is 4.79 Å². The summed E-state index contributed by atoms with van der Waals surface area (Å²) in [4.78, 5) is 18.7. The highest BCUT2D eigenvalue weighted by molar-refractivity contribution is 7.22. The zero-order chi connectivity index (χ0) is 15.5. The van der Waals surface area contributed by atoms with Crippen molar-refractivity contribution in [3.8, 4) is 0 Å². The highest BCUT2D eigenvalue weighted by atomic mass is 32.1. The van der Waals surface area contributed by atoms with E-state index >= 15 is 0 Å². The third-order valence-electron chi connectivity index (χ3n) is 3.79. The number of benzene rings is 2. The summed E-state index contributed by atoms with van der Waals surface area (Å²) in [6, 6.07) is 18.1. The number of hydrogen-bond donors (Lipinski definition) is 0. The van der Waals surface area contributed by atoms with Crippen molar-refractivity contribution in [2.45, 2.75) is 19.3 Å². The minimum Gasteiger partial charge on any atom is -0.291 e. The van der Waals surface area contributed by atoms with Crippen LogP contribution in [0, 0.1) is 0 Å². The fourth-order valence-corrected chi connectivity index (χ4v) is 3.35. The fraction of sp³-hybridized carbons (Fsp3) is 0.222. The molecule has 0 aliphatic heterocycles. The van der Waals surface area contributed by atoms with Crippen molar-refractivity contribution in [2.75, 3.05) is 11.9 Å². The third-order valence-corrected chi connectivity index (χ3v) is 4.91. The van der Waals surface area contributed by atoms with Crippen LogP contribution in [0.4, 0.5) is 5.13 Å². The van der Waals surface area contributed by atoms with E-state index in [2.05, 4.69) is 24.0 Å². The van der Waals surface area contributed by atoms with Crippen LogP contribution < -0.4 is 4.90 Å². The van der Waals surface area contributed by atoms with Crippen molar-refractivity contribution in [1.82, 2.24) is 4.98 Å². The van der Waals surface area contributed by atoms with E-state index < -0.39 is 0 Å². The van der Waals surface area contributed by atoms with Gasteiger partial charge in [-0.05, 0) is 23.6 Å². The Labute approximate surface area is 134 Å². The Kier molecular flexibility index (Phi) is 4.20. The number of carbonyl (C=O) groups is 1. The monoisotopic (exact) mass is 310 g/mol. The van der Waals surface area contributed by atoms with E-state index in [0.29, 0.717) is 6.42 Å². The van der Waals surface area contributed by atoms with Crippen molar-refractivity contribution in [2.24, 2.45) is 0 Å². The number of fused-ring (bicyclic) bond motifs is 1. The average Bonchev–Trinajstić information content (AvgIpc) is 2.98.